The molecule has 0 unspecified atom stereocenters. The van der Waals surface area contributed by atoms with Gasteiger partial charge in [0.05, 0.1) is 25.7 Å². The largest absolute Gasteiger partial charge is 0.340 e. The lowest BCUT2D eigenvalue weighted by molar-refractivity contribution is -0.132. The molecule has 1 aliphatic rings. The molecule has 1 saturated heterocycles. The summed E-state index contributed by atoms with van der Waals surface area (Å²) in [6.45, 7) is 5.38. The van der Waals surface area contributed by atoms with E-state index in [0.29, 0.717) is 50.0 Å². The Morgan fingerprint density at radius 3 is 2.39 bits per heavy atom. The summed E-state index contributed by atoms with van der Waals surface area (Å²) in [6, 6.07) is 17.3. The predicted molar refractivity (Wildman–Crippen MR) is 129 cm³/mol. The topological polar surface area (TPSA) is 70.5 Å². The first-order chi connectivity index (χ1) is 16.0. The van der Waals surface area contributed by atoms with Crippen molar-refractivity contribution in [2.24, 2.45) is 0 Å². The van der Waals surface area contributed by atoms with Gasteiger partial charge in [-0.1, -0.05) is 54.1 Å². The fourth-order valence-corrected chi connectivity index (χ4v) is 4.17. The fourth-order valence-electron chi connectivity index (χ4n) is 3.98. The minimum absolute atomic E-state index is 0.101. The molecular formula is C25H28ClN5O2. The number of nitrogens with one attached hydrogen (secondary N) is 1. The van der Waals surface area contributed by atoms with Gasteiger partial charge in [-0.25, -0.2) is 4.68 Å². The van der Waals surface area contributed by atoms with E-state index >= 15 is 0 Å². The number of rotatable bonds is 7. The van der Waals surface area contributed by atoms with Crippen molar-refractivity contribution in [2.75, 3.05) is 38.0 Å². The first-order valence-electron chi connectivity index (χ1n) is 11.1. The lowest BCUT2D eigenvalue weighted by atomic mass is 10.1. The van der Waals surface area contributed by atoms with Gasteiger partial charge in [-0.05, 0) is 29.7 Å². The molecule has 1 N–H and O–H groups in total. The van der Waals surface area contributed by atoms with Gasteiger partial charge in [0.1, 0.15) is 5.82 Å². The summed E-state index contributed by atoms with van der Waals surface area (Å²) in [6.07, 6.45) is 2.08. The zero-order valence-corrected chi connectivity index (χ0v) is 19.5. The minimum Gasteiger partial charge on any atom is -0.340 e. The first kappa shape index (κ1) is 23.0. The molecule has 172 valence electrons. The predicted octanol–water partition coefficient (Wildman–Crippen LogP) is 3.22. The third kappa shape index (κ3) is 6.00. The van der Waals surface area contributed by atoms with Crippen molar-refractivity contribution >= 4 is 29.2 Å². The fraction of sp³-hybridized carbons (Fsp3) is 0.320. The smallest absolute Gasteiger partial charge is 0.239 e. The van der Waals surface area contributed by atoms with Crippen LogP contribution in [0.15, 0.2) is 60.8 Å². The zero-order valence-electron chi connectivity index (χ0n) is 18.7. The van der Waals surface area contributed by atoms with Crippen molar-refractivity contribution in [3.63, 3.8) is 0 Å². The Balaban J connectivity index is 1.26. The van der Waals surface area contributed by atoms with E-state index < -0.39 is 0 Å². The van der Waals surface area contributed by atoms with Gasteiger partial charge < -0.3 is 10.2 Å². The minimum atomic E-state index is -0.101. The van der Waals surface area contributed by atoms with Crippen LogP contribution in [0.3, 0.4) is 0 Å². The van der Waals surface area contributed by atoms with Crippen LogP contribution in [0.1, 0.15) is 16.7 Å². The maximum absolute atomic E-state index is 12.7. The van der Waals surface area contributed by atoms with Gasteiger partial charge >= 0.3 is 0 Å². The molecule has 2 aromatic carbocycles. The Morgan fingerprint density at radius 2 is 1.67 bits per heavy atom. The Bertz CT molecular complexity index is 1120. The molecule has 0 bridgehead atoms. The van der Waals surface area contributed by atoms with E-state index in [1.54, 1.807) is 16.9 Å². The van der Waals surface area contributed by atoms with Gasteiger partial charge in [-0.2, -0.15) is 5.10 Å². The molecule has 7 nitrogen and oxygen atoms in total. The van der Waals surface area contributed by atoms with E-state index in [1.807, 2.05) is 60.4 Å². The number of amides is 2. The summed E-state index contributed by atoms with van der Waals surface area (Å²) < 4.78 is 1.72. The second-order valence-corrected chi connectivity index (χ2v) is 8.68. The highest BCUT2D eigenvalue weighted by atomic mass is 35.5. The van der Waals surface area contributed by atoms with Crippen LogP contribution < -0.4 is 5.32 Å². The molecule has 2 heterocycles. The van der Waals surface area contributed by atoms with Gasteiger partial charge in [0.15, 0.2) is 0 Å². The molecule has 3 aromatic rings. The molecule has 4 rings (SSSR count). The van der Waals surface area contributed by atoms with Crippen LogP contribution >= 0.6 is 11.6 Å². The van der Waals surface area contributed by atoms with Gasteiger partial charge in [-0.3, -0.25) is 14.5 Å². The van der Waals surface area contributed by atoms with Crippen molar-refractivity contribution < 1.29 is 9.59 Å². The number of aryl methyl sites for hydroxylation is 1. The first-order valence-corrected chi connectivity index (χ1v) is 11.5. The number of piperazine rings is 1. The number of halogens is 1. The van der Waals surface area contributed by atoms with E-state index in [2.05, 4.69) is 15.3 Å². The number of hydrogen-bond donors (Lipinski definition) is 1. The van der Waals surface area contributed by atoms with Crippen LogP contribution in [0.2, 0.25) is 5.02 Å². The van der Waals surface area contributed by atoms with E-state index in [0.717, 1.165) is 16.7 Å². The summed E-state index contributed by atoms with van der Waals surface area (Å²) in [4.78, 5) is 29.3. The maximum Gasteiger partial charge on any atom is 0.239 e. The molecule has 1 aromatic heterocycles. The van der Waals surface area contributed by atoms with E-state index in [9.17, 15) is 9.59 Å². The van der Waals surface area contributed by atoms with Gasteiger partial charge in [0.2, 0.25) is 11.8 Å². The number of aromatic nitrogens is 2. The SMILES string of the molecule is Cc1ccccc1CC(=O)N1CCN(CC(=O)Nc2ccnn2Cc2ccccc2Cl)CC1. The van der Waals surface area contributed by atoms with Crippen LogP contribution in [-0.2, 0) is 22.6 Å². The normalized spacial score (nSPS) is 14.3. The zero-order chi connectivity index (χ0) is 23.2. The number of carbonyl (C=O) groups excluding carboxylic acids is 2. The third-order valence-corrected chi connectivity index (χ3v) is 6.33. The van der Waals surface area contributed by atoms with Crippen LogP contribution in [0.25, 0.3) is 0 Å². The van der Waals surface area contributed by atoms with Crippen molar-refractivity contribution in [3.05, 3.63) is 82.5 Å². The van der Waals surface area contributed by atoms with E-state index in [1.165, 1.54) is 0 Å². The lowest BCUT2D eigenvalue weighted by Crippen LogP contribution is -2.50. The summed E-state index contributed by atoms with van der Waals surface area (Å²) >= 11 is 6.25. The molecule has 0 radical (unpaired) electrons. The molecule has 1 fully saturated rings. The van der Waals surface area contributed by atoms with Crippen molar-refractivity contribution in [2.45, 2.75) is 19.9 Å². The summed E-state index contributed by atoms with van der Waals surface area (Å²) in [5.41, 5.74) is 3.14. The summed E-state index contributed by atoms with van der Waals surface area (Å²) in [5.74, 6) is 0.666. The molecular weight excluding hydrogens is 438 g/mol. The van der Waals surface area contributed by atoms with E-state index in [-0.39, 0.29) is 18.4 Å². The monoisotopic (exact) mass is 465 g/mol. The molecule has 1 aliphatic heterocycles. The average Bonchev–Trinajstić information content (AvgIpc) is 3.23. The molecule has 0 aliphatic carbocycles. The highest BCUT2D eigenvalue weighted by Crippen LogP contribution is 2.18. The quantitative estimate of drug-likeness (QED) is 0.581. The summed E-state index contributed by atoms with van der Waals surface area (Å²) in [7, 11) is 0. The van der Waals surface area contributed by atoms with E-state index in [4.69, 9.17) is 11.6 Å². The molecule has 8 heteroatoms. The third-order valence-electron chi connectivity index (χ3n) is 5.96. The summed E-state index contributed by atoms with van der Waals surface area (Å²) in [5, 5.41) is 7.92. The lowest BCUT2D eigenvalue weighted by Gasteiger charge is -2.34. The van der Waals surface area contributed by atoms with Crippen LogP contribution in [0.5, 0.6) is 0 Å². The van der Waals surface area contributed by atoms with Crippen molar-refractivity contribution in [3.8, 4) is 0 Å². The Labute approximate surface area is 198 Å². The second-order valence-electron chi connectivity index (χ2n) is 8.27. The molecule has 0 saturated carbocycles. The molecule has 0 spiro atoms. The van der Waals surface area contributed by atoms with Crippen LogP contribution in [-0.4, -0.2) is 64.1 Å². The van der Waals surface area contributed by atoms with Crippen molar-refractivity contribution in [1.82, 2.24) is 19.6 Å². The van der Waals surface area contributed by atoms with Gasteiger partial charge in [0.25, 0.3) is 0 Å². The standard InChI is InChI=1S/C25H28ClN5O2/c1-19-6-2-3-7-20(19)16-25(33)30-14-12-29(13-15-30)18-24(32)28-23-10-11-27-31(23)17-21-8-4-5-9-22(21)26/h2-11H,12-18H2,1H3,(H,28,32). The molecule has 0 atom stereocenters. The van der Waals surface area contributed by atoms with Crippen molar-refractivity contribution in [1.29, 1.82) is 0 Å². The number of benzene rings is 2. The highest BCUT2D eigenvalue weighted by Gasteiger charge is 2.23. The number of carbonyl (C=O) groups is 2. The Kier molecular flexibility index (Phi) is 7.42. The molecule has 2 amide bonds. The average molecular weight is 466 g/mol. The Hall–Kier alpha value is -3.16. The maximum atomic E-state index is 12.7. The second kappa shape index (κ2) is 10.6. The Morgan fingerprint density at radius 1 is 0.970 bits per heavy atom. The van der Waals surface area contributed by atoms with Gasteiger partial charge in [0, 0.05) is 37.3 Å². The highest BCUT2D eigenvalue weighted by molar-refractivity contribution is 6.31. The number of nitrogens with zero attached hydrogens (tertiary/aromatic N) is 4. The number of hydrogen-bond acceptors (Lipinski definition) is 4. The van der Waals surface area contributed by atoms with Crippen LogP contribution in [0.4, 0.5) is 5.82 Å². The number of anilines is 1. The van der Waals surface area contributed by atoms with Gasteiger partial charge in [-0.15, -0.1) is 0 Å². The molecule has 33 heavy (non-hydrogen) atoms. The van der Waals surface area contributed by atoms with Crippen LogP contribution in [0, 0.1) is 6.92 Å².